The summed E-state index contributed by atoms with van der Waals surface area (Å²) in [7, 11) is 0. The summed E-state index contributed by atoms with van der Waals surface area (Å²) in [6, 6.07) is 5.26. The van der Waals surface area contributed by atoms with E-state index in [0.29, 0.717) is 5.56 Å². The summed E-state index contributed by atoms with van der Waals surface area (Å²) in [4.78, 5) is 22.9. The normalized spacial score (nSPS) is 15.1. The lowest BCUT2D eigenvalue weighted by atomic mass is 10.1. The standard InChI is InChI=1S/C8H3BrO2S/c9-4-1-2-6-5(3-4)7(10)8(11)12-6/h1-3H. The topological polar surface area (TPSA) is 34.1 Å². The minimum absolute atomic E-state index is 0.386. The van der Waals surface area contributed by atoms with Crippen molar-refractivity contribution in [2.24, 2.45) is 0 Å². The zero-order chi connectivity index (χ0) is 8.72. The zero-order valence-electron chi connectivity index (χ0n) is 5.83. The van der Waals surface area contributed by atoms with E-state index in [1.165, 1.54) is 0 Å². The third-order valence-electron chi connectivity index (χ3n) is 1.57. The minimum atomic E-state index is -0.392. The second-order valence-electron chi connectivity index (χ2n) is 2.36. The summed E-state index contributed by atoms with van der Waals surface area (Å²) in [6.45, 7) is 0. The molecule has 0 fully saturated rings. The van der Waals surface area contributed by atoms with Gasteiger partial charge in [0, 0.05) is 14.9 Å². The summed E-state index contributed by atoms with van der Waals surface area (Å²) >= 11 is 4.24. The van der Waals surface area contributed by atoms with Crippen molar-refractivity contribution in [3.63, 3.8) is 0 Å². The van der Waals surface area contributed by atoms with Gasteiger partial charge in [-0.25, -0.2) is 0 Å². The van der Waals surface area contributed by atoms with Gasteiger partial charge in [0.25, 0.3) is 5.12 Å². The summed E-state index contributed by atoms with van der Waals surface area (Å²) in [6.07, 6.45) is 0. The van der Waals surface area contributed by atoms with Crippen molar-refractivity contribution in [2.75, 3.05) is 0 Å². The fourth-order valence-electron chi connectivity index (χ4n) is 1.02. The Kier molecular flexibility index (Phi) is 1.81. The Morgan fingerprint density at radius 2 is 2.00 bits per heavy atom. The molecular formula is C8H3BrO2S. The van der Waals surface area contributed by atoms with Crippen LogP contribution in [0.25, 0.3) is 0 Å². The highest BCUT2D eigenvalue weighted by Gasteiger charge is 2.28. The molecule has 0 spiro atoms. The van der Waals surface area contributed by atoms with E-state index in [0.717, 1.165) is 21.1 Å². The van der Waals surface area contributed by atoms with Gasteiger partial charge in [0.15, 0.2) is 0 Å². The first-order valence-corrected chi connectivity index (χ1v) is 4.85. The van der Waals surface area contributed by atoms with Gasteiger partial charge in [-0.05, 0) is 30.0 Å². The molecule has 12 heavy (non-hydrogen) atoms. The fraction of sp³-hybridized carbons (Fsp3) is 0. The van der Waals surface area contributed by atoms with Crippen molar-refractivity contribution in [3.8, 4) is 0 Å². The van der Waals surface area contributed by atoms with Crippen LogP contribution in [0.4, 0.5) is 0 Å². The predicted molar refractivity (Wildman–Crippen MR) is 49.3 cm³/mol. The molecule has 1 aromatic rings. The van der Waals surface area contributed by atoms with E-state index in [1.54, 1.807) is 12.1 Å². The minimum Gasteiger partial charge on any atom is -0.284 e. The molecule has 1 aromatic carbocycles. The van der Waals surface area contributed by atoms with Gasteiger partial charge >= 0.3 is 0 Å². The van der Waals surface area contributed by atoms with Gasteiger partial charge in [0.2, 0.25) is 5.78 Å². The van der Waals surface area contributed by atoms with Gasteiger partial charge in [0.1, 0.15) is 0 Å². The fourth-order valence-corrected chi connectivity index (χ4v) is 2.19. The van der Waals surface area contributed by atoms with Crippen molar-refractivity contribution < 1.29 is 9.59 Å². The Hall–Kier alpha value is -0.610. The van der Waals surface area contributed by atoms with Gasteiger partial charge < -0.3 is 0 Å². The molecular weight excluding hydrogens is 240 g/mol. The van der Waals surface area contributed by atoms with Crippen LogP contribution in [0.1, 0.15) is 10.4 Å². The van der Waals surface area contributed by atoms with E-state index in [9.17, 15) is 9.59 Å². The average Bonchev–Trinajstić information content (AvgIpc) is 2.31. The number of carbonyl (C=O) groups excluding carboxylic acids is 2. The molecule has 0 radical (unpaired) electrons. The lowest BCUT2D eigenvalue weighted by Gasteiger charge is -1.93. The molecule has 1 heterocycles. The number of carbonyl (C=O) groups is 2. The maximum atomic E-state index is 11.2. The molecule has 0 N–H and O–H groups in total. The van der Waals surface area contributed by atoms with E-state index >= 15 is 0 Å². The van der Waals surface area contributed by atoms with Crippen LogP contribution in [0.5, 0.6) is 0 Å². The van der Waals surface area contributed by atoms with Crippen LogP contribution in [0, 0.1) is 0 Å². The predicted octanol–water partition coefficient (Wildman–Crippen LogP) is 2.26. The number of rotatable bonds is 0. The Morgan fingerprint density at radius 1 is 1.25 bits per heavy atom. The van der Waals surface area contributed by atoms with Crippen molar-refractivity contribution in [1.29, 1.82) is 0 Å². The lowest BCUT2D eigenvalue weighted by molar-refractivity contribution is -0.107. The molecule has 4 heteroatoms. The number of hydrogen-bond donors (Lipinski definition) is 0. The average molecular weight is 243 g/mol. The molecule has 0 saturated carbocycles. The molecule has 0 amide bonds. The number of benzene rings is 1. The number of Topliss-reactive ketones (excluding diaryl/α,β-unsaturated/α-hetero) is 1. The molecule has 1 aliphatic rings. The van der Waals surface area contributed by atoms with Crippen molar-refractivity contribution in [3.05, 3.63) is 28.2 Å². The molecule has 0 saturated heterocycles. The highest BCUT2D eigenvalue weighted by molar-refractivity contribution is 9.10. The summed E-state index contributed by atoms with van der Waals surface area (Å²) in [5, 5.41) is -0.386. The molecule has 0 aliphatic carbocycles. The Balaban J connectivity index is 2.63. The zero-order valence-corrected chi connectivity index (χ0v) is 8.24. The quantitative estimate of drug-likeness (QED) is 0.655. The van der Waals surface area contributed by atoms with Crippen molar-refractivity contribution in [2.45, 2.75) is 4.90 Å². The van der Waals surface area contributed by atoms with Gasteiger partial charge in [0.05, 0.1) is 0 Å². The Labute approximate surface area is 81.5 Å². The van der Waals surface area contributed by atoms with Crippen LogP contribution in [0.3, 0.4) is 0 Å². The first-order valence-electron chi connectivity index (χ1n) is 3.24. The number of hydrogen-bond acceptors (Lipinski definition) is 3. The molecule has 60 valence electrons. The second kappa shape index (κ2) is 2.71. The van der Waals surface area contributed by atoms with Gasteiger partial charge in [-0.3, -0.25) is 9.59 Å². The number of halogens is 1. The smallest absolute Gasteiger partial charge is 0.264 e. The van der Waals surface area contributed by atoms with Crippen LogP contribution in [-0.4, -0.2) is 10.9 Å². The molecule has 0 aromatic heterocycles. The van der Waals surface area contributed by atoms with Crippen molar-refractivity contribution >= 4 is 38.6 Å². The third-order valence-corrected chi connectivity index (χ3v) is 3.01. The first-order chi connectivity index (χ1) is 5.68. The van der Waals surface area contributed by atoms with Gasteiger partial charge in [-0.15, -0.1) is 0 Å². The van der Waals surface area contributed by atoms with Crippen LogP contribution in [-0.2, 0) is 4.79 Å². The van der Waals surface area contributed by atoms with Crippen LogP contribution >= 0.6 is 27.7 Å². The lowest BCUT2D eigenvalue weighted by Crippen LogP contribution is -2.01. The van der Waals surface area contributed by atoms with Gasteiger partial charge in [-0.1, -0.05) is 15.9 Å². The summed E-state index contributed by atoms with van der Waals surface area (Å²) in [5.74, 6) is -0.392. The molecule has 0 bridgehead atoms. The van der Waals surface area contributed by atoms with E-state index in [2.05, 4.69) is 15.9 Å². The maximum Gasteiger partial charge on any atom is 0.264 e. The van der Waals surface area contributed by atoms with E-state index in [4.69, 9.17) is 0 Å². The largest absolute Gasteiger partial charge is 0.284 e. The number of ketones is 1. The van der Waals surface area contributed by atoms with Gasteiger partial charge in [-0.2, -0.15) is 0 Å². The molecule has 2 rings (SSSR count). The highest BCUT2D eigenvalue weighted by Crippen LogP contribution is 2.33. The van der Waals surface area contributed by atoms with E-state index < -0.39 is 5.78 Å². The van der Waals surface area contributed by atoms with Crippen LogP contribution < -0.4 is 0 Å². The first kappa shape index (κ1) is 8.01. The monoisotopic (exact) mass is 242 g/mol. The van der Waals surface area contributed by atoms with E-state index in [-0.39, 0.29) is 5.12 Å². The third kappa shape index (κ3) is 1.11. The highest BCUT2D eigenvalue weighted by atomic mass is 79.9. The van der Waals surface area contributed by atoms with E-state index in [1.807, 2.05) is 6.07 Å². The number of thioether (sulfide) groups is 1. The summed E-state index contributed by atoms with van der Waals surface area (Å²) in [5.41, 5.74) is 0.513. The van der Waals surface area contributed by atoms with Crippen LogP contribution in [0.2, 0.25) is 0 Å². The number of fused-ring (bicyclic) bond motifs is 1. The molecule has 0 unspecified atom stereocenters. The SMILES string of the molecule is O=C1Sc2ccc(Br)cc2C1=O. The molecule has 1 aliphatic heterocycles. The van der Waals surface area contributed by atoms with Crippen molar-refractivity contribution in [1.82, 2.24) is 0 Å². The summed E-state index contributed by atoms with van der Waals surface area (Å²) < 4.78 is 0.824. The maximum absolute atomic E-state index is 11.2. The van der Waals surface area contributed by atoms with Crippen LogP contribution in [0.15, 0.2) is 27.6 Å². The Bertz CT molecular complexity index is 387. The molecule has 0 atom stereocenters. The Morgan fingerprint density at radius 3 is 2.75 bits per heavy atom. The molecule has 2 nitrogen and oxygen atoms in total. The second-order valence-corrected chi connectivity index (χ2v) is 4.29.